The Bertz CT molecular complexity index is 1360. The number of carbonyl (C=O) groups is 2. The largest absolute Gasteiger partial charge is 0.350 e. The maximum Gasteiger partial charge on any atom is 0.254 e. The number of nitrogens with one attached hydrogen (secondary N) is 1. The van der Waals surface area contributed by atoms with Gasteiger partial charge in [-0.1, -0.05) is 54.1 Å². The zero-order chi connectivity index (χ0) is 22.4. The van der Waals surface area contributed by atoms with Crippen molar-refractivity contribution >= 4 is 40.0 Å². The molecule has 5 rings (SSSR count). The van der Waals surface area contributed by atoms with E-state index in [9.17, 15) is 9.59 Å². The van der Waals surface area contributed by atoms with E-state index in [2.05, 4.69) is 5.32 Å². The number of nitrogens with zero attached hydrogens (tertiary/aromatic N) is 2. The summed E-state index contributed by atoms with van der Waals surface area (Å²) in [6.07, 6.45) is 2.02. The summed E-state index contributed by atoms with van der Waals surface area (Å²) in [5, 5.41) is 4.59. The number of para-hydroxylation sites is 1. The zero-order valence-electron chi connectivity index (χ0n) is 17.7. The first-order valence-corrected chi connectivity index (χ1v) is 10.8. The number of aromatic nitrogens is 1. The smallest absolute Gasteiger partial charge is 0.254 e. The van der Waals surface area contributed by atoms with E-state index in [4.69, 9.17) is 11.6 Å². The molecule has 2 amide bonds. The van der Waals surface area contributed by atoms with E-state index in [0.717, 1.165) is 22.0 Å². The van der Waals surface area contributed by atoms with E-state index in [1.807, 2.05) is 60.3 Å². The van der Waals surface area contributed by atoms with Gasteiger partial charge in [-0.2, -0.15) is 0 Å². The Morgan fingerprint density at radius 2 is 1.69 bits per heavy atom. The van der Waals surface area contributed by atoms with Gasteiger partial charge in [-0.25, -0.2) is 0 Å². The van der Waals surface area contributed by atoms with Crippen LogP contribution in [0.5, 0.6) is 0 Å². The van der Waals surface area contributed by atoms with E-state index in [0.29, 0.717) is 16.3 Å². The second-order valence-electron chi connectivity index (χ2n) is 8.14. The number of benzene rings is 3. The molecule has 0 radical (unpaired) electrons. The summed E-state index contributed by atoms with van der Waals surface area (Å²) in [7, 11) is 3.75. The molecule has 0 fully saturated rings. The van der Waals surface area contributed by atoms with Crippen molar-refractivity contribution in [2.24, 2.45) is 7.05 Å². The Morgan fingerprint density at radius 1 is 0.938 bits per heavy atom. The molecule has 0 unspecified atom stereocenters. The Kier molecular flexibility index (Phi) is 4.98. The maximum absolute atomic E-state index is 13.7. The van der Waals surface area contributed by atoms with Crippen LogP contribution >= 0.6 is 11.6 Å². The number of hydrogen-bond donors (Lipinski definition) is 1. The molecule has 1 aromatic heterocycles. The van der Waals surface area contributed by atoms with Crippen LogP contribution in [0.25, 0.3) is 10.9 Å². The van der Waals surface area contributed by atoms with Crippen LogP contribution in [-0.4, -0.2) is 28.3 Å². The second-order valence-corrected chi connectivity index (χ2v) is 8.57. The minimum atomic E-state index is -0.585. The fourth-order valence-corrected chi connectivity index (χ4v) is 4.93. The van der Waals surface area contributed by atoms with Crippen molar-refractivity contribution in [1.82, 2.24) is 9.47 Å². The molecule has 0 saturated heterocycles. The average molecular weight is 444 g/mol. The van der Waals surface area contributed by atoms with Crippen LogP contribution in [0.15, 0.2) is 79.0 Å². The van der Waals surface area contributed by atoms with Crippen LogP contribution < -0.4 is 5.32 Å². The second kappa shape index (κ2) is 7.84. The van der Waals surface area contributed by atoms with E-state index >= 15 is 0 Å². The molecule has 6 heteroatoms. The van der Waals surface area contributed by atoms with Crippen molar-refractivity contribution in [3.8, 4) is 0 Å². The van der Waals surface area contributed by atoms with Gasteiger partial charge < -0.3 is 14.8 Å². The summed E-state index contributed by atoms with van der Waals surface area (Å²) in [4.78, 5) is 28.7. The lowest BCUT2D eigenvalue weighted by Gasteiger charge is -2.39. The Labute approximate surface area is 191 Å². The molecular formula is C26H22ClN3O2. The summed E-state index contributed by atoms with van der Waals surface area (Å²) in [6, 6.07) is 22.0. The fourth-order valence-electron chi connectivity index (χ4n) is 4.74. The van der Waals surface area contributed by atoms with Crippen LogP contribution in [0.1, 0.15) is 33.4 Å². The highest BCUT2D eigenvalue weighted by Crippen LogP contribution is 2.44. The minimum absolute atomic E-state index is 0.0923. The summed E-state index contributed by atoms with van der Waals surface area (Å²) in [5.41, 5.74) is 3.90. The predicted octanol–water partition coefficient (Wildman–Crippen LogP) is 5.38. The molecule has 1 N–H and O–H groups in total. The Hall–Kier alpha value is -3.57. The van der Waals surface area contributed by atoms with Crippen LogP contribution in [0, 0.1) is 0 Å². The van der Waals surface area contributed by atoms with Crippen molar-refractivity contribution in [2.45, 2.75) is 12.0 Å². The molecular weight excluding hydrogens is 422 g/mol. The van der Waals surface area contributed by atoms with Gasteiger partial charge in [-0.05, 0) is 35.9 Å². The van der Waals surface area contributed by atoms with E-state index in [-0.39, 0.29) is 11.8 Å². The standard InChI is InChI=1S/C26H22ClN3O2/c1-29-15-21(18-10-5-6-13-22(18)29)24-23(25(31)28-17-9-7-8-16(27)14-17)19-11-3-4-12-20(19)26(32)30(24)2/h3-15,23-24H,1-2H3,(H,28,31)/t23-,24+/m1/s1. The van der Waals surface area contributed by atoms with Gasteiger partial charge >= 0.3 is 0 Å². The lowest BCUT2D eigenvalue weighted by atomic mass is 9.79. The van der Waals surface area contributed by atoms with Crippen LogP contribution in [0.4, 0.5) is 5.69 Å². The molecule has 32 heavy (non-hydrogen) atoms. The molecule has 2 heterocycles. The summed E-state index contributed by atoms with van der Waals surface area (Å²) < 4.78 is 2.04. The number of hydrogen-bond acceptors (Lipinski definition) is 2. The van der Waals surface area contributed by atoms with Gasteiger partial charge in [0.25, 0.3) is 5.91 Å². The molecule has 1 aliphatic rings. The van der Waals surface area contributed by atoms with Gasteiger partial charge in [0, 0.05) is 53.0 Å². The van der Waals surface area contributed by atoms with Gasteiger partial charge in [0.1, 0.15) is 0 Å². The highest BCUT2D eigenvalue weighted by atomic mass is 35.5. The van der Waals surface area contributed by atoms with E-state index in [1.54, 1.807) is 42.3 Å². The summed E-state index contributed by atoms with van der Waals surface area (Å²) in [6.45, 7) is 0. The van der Waals surface area contributed by atoms with Crippen molar-refractivity contribution in [3.05, 3.63) is 101 Å². The number of rotatable bonds is 3. The van der Waals surface area contributed by atoms with Crippen LogP contribution in [-0.2, 0) is 11.8 Å². The third-order valence-corrected chi connectivity index (χ3v) is 6.44. The molecule has 4 aromatic rings. The number of amides is 2. The molecule has 0 spiro atoms. The van der Waals surface area contributed by atoms with Gasteiger partial charge in [0.05, 0.1) is 12.0 Å². The summed E-state index contributed by atoms with van der Waals surface area (Å²) >= 11 is 6.12. The average Bonchev–Trinajstić information content (AvgIpc) is 3.12. The molecule has 160 valence electrons. The minimum Gasteiger partial charge on any atom is -0.350 e. The molecule has 0 aliphatic carbocycles. The van der Waals surface area contributed by atoms with Crippen LogP contribution in [0.3, 0.4) is 0 Å². The molecule has 2 atom stereocenters. The van der Waals surface area contributed by atoms with Gasteiger partial charge in [-0.3, -0.25) is 9.59 Å². The SMILES string of the molecule is CN1C(=O)c2ccccc2[C@@H](C(=O)Nc2cccc(Cl)c2)[C@@H]1c1cn(C)c2ccccc12. The van der Waals surface area contributed by atoms with Gasteiger partial charge in [0.15, 0.2) is 0 Å². The number of likely N-dealkylation sites (N-methyl/N-ethyl adjacent to an activating group) is 1. The first kappa shape index (κ1) is 20.3. The van der Waals surface area contributed by atoms with Gasteiger partial charge in [-0.15, -0.1) is 0 Å². The predicted molar refractivity (Wildman–Crippen MR) is 127 cm³/mol. The number of aryl methyl sites for hydroxylation is 1. The third-order valence-electron chi connectivity index (χ3n) is 6.20. The lowest BCUT2D eigenvalue weighted by Crippen LogP contribution is -2.44. The van der Waals surface area contributed by atoms with E-state index < -0.39 is 12.0 Å². The Balaban J connectivity index is 1.68. The molecule has 0 saturated carbocycles. The van der Waals surface area contributed by atoms with Crippen LogP contribution in [0.2, 0.25) is 5.02 Å². The number of halogens is 1. The third kappa shape index (κ3) is 3.26. The van der Waals surface area contributed by atoms with Crippen molar-refractivity contribution in [1.29, 1.82) is 0 Å². The number of carbonyl (C=O) groups excluding carboxylic acids is 2. The quantitative estimate of drug-likeness (QED) is 0.462. The normalized spacial score (nSPS) is 18.0. The van der Waals surface area contributed by atoms with Crippen molar-refractivity contribution in [2.75, 3.05) is 12.4 Å². The zero-order valence-corrected chi connectivity index (χ0v) is 18.5. The van der Waals surface area contributed by atoms with Crippen molar-refractivity contribution < 1.29 is 9.59 Å². The van der Waals surface area contributed by atoms with Crippen molar-refractivity contribution in [3.63, 3.8) is 0 Å². The lowest BCUT2D eigenvalue weighted by molar-refractivity contribution is -0.119. The highest BCUT2D eigenvalue weighted by molar-refractivity contribution is 6.30. The topological polar surface area (TPSA) is 54.3 Å². The molecule has 5 nitrogen and oxygen atoms in total. The molecule has 0 bridgehead atoms. The van der Waals surface area contributed by atoms with E-state index in [1.165, 1.54) is 0 Å². The number of fused-ring (bicyclic) bond motifs is 2. The molecule has 1 aliphatic heterocycles. The Morgan fingerprint density at radius 3 is 2.50 bits per heavy atom. The first-order chi connectivity index (χ1) is 15.5. The fraction of sp³-hybridized carbons (Fsp3) is 0.154. The van der Waals surface area contributed by atoms with Gasteiger partial charge in [0.2, 0.25) is 5.91 Å². The monoisotopic (exact) mass is 443 g/mol. The summed E-state index contributed by atoms with van der Waals surface area (Å²) in [5.74, 6) is -0.860. The maximum atomic E-state index is 13.7. The first-order valence-electron chi connectivity index (χ1n) is 10.4. The number of anilines is 1. The molecule has 3 aromatic carbocycles. The highest BCUT2D eigenvalue weighted by Gasteiger charge is 2.43.